The number of benzene rings is 1. The molecule has 4 nitrogen and oxygen atoms in total. The monoisotopic (exact) mass is 318 g/mol. The van der Waals surface area contributed by atoms with Crippen LogP contribution in [0.1, 0.15) is 31.9 Å². The van der Waals surface area contributed by atoms with E-state index in [4.69, 9.17) is 0 Å². The van der Waals surface area contributed by atoms with Gasteiger partial charge in [-0.05, 0) is 40.8 Å². The minimum Gasteiger partial charge on any atom is -0.265 e. The molecule has 0 atom stereocenters. The normalized spacial score (nSPS) is 12.6. The Morgan fingerprint density at radius 3 is 2.05 bits per heavy atom. The first kappa shape index (κ1) is 16.6. The van der Waals surface area contributed by atoms with Crippen molar-refractivity contribution in [3.05, 3.63) is 59.9 Å². The van der Waals surface area contributed by atoms with Crippen LogP contribution in [0.5, 0.6) is 0 Å². The highest BCUT2D eigenvalue weighted by molar-refractivity contribution is 7.89. The molecule has 0 bridgehead atoms. The van der Waals surface area contributed by atoms with Crippen molar-refractivity contribution in [1.29, 1.82) is 0 Å². The van der Waals surface area contributed by atoms with Gasteiger partial charge in [0, 0.05) is 26.0 Å². The molecule has 1 aromatic heterocycles. The van der Waals surface area contributed by atoms with E-state index in [2.05, 4.69) is 25.8 Å². The zero-order chi connectivity index (χ0) is 16.4. The van der Waals surface area contributed by atoms with Crippen molar-refractivity contribution in [2.24, 2.45) is 0 Å². The van der Waals surface area contributed by atoms with Crippen LogP contribution in [0, 0.1) is 0 Å². The van der Waals surface area contributed by atoms with Gasteiger partial charge in [-0.2, -0.15) is 4.31 Å². The van der Waals surface area contributed by atoms with Gasteiger partial charge in [0.15, 0.2) is 0 Å². The van der Waals surface area contributed by atoms with Crippen molar-refractivity contribution in [1.82, 2.24) is 9.29 Å². The van der Waals surface area contributed by atoms with E-state index in [0.717, 1.165) is 11.1 Å². The quantitative estimate of drug-likeness (QED) is 0.870. The largest absolute Gasteiger partial charge is 0.265 e. The van der Waals surface area contributed by atoms with Gasteiger partial charge in [0.1, 0.15) is 0 Å². The second-order valence-electron chi connectivity index (χ2n) is 6.39. The molecule has 2 aromatic rings. The number of aromatic nitrogens is 1. The molecule has 2 rings (SSSR count). The average molecular weight is 318 g/mol. The predicted molar refractivity (Wildman–Crippen MR) is 88.0 cm³/mol. The molecular weight excluding hydrogens is 296 g/mol. The molecule has 0 unspecified atom stereocenters. The fourth-order valence-electron chi connectivity index (χ4n) is 2.14. The maximum atomic E-state index is 12.6. The number of hydrogen-bond donors (Lipinski definition) is 0. The van der Waals surface area contributed by atoms with Gasteiger partial charge in [-0.25, -0.2) is 8.42 Å². The van der Waals surface area contributed by atoms with E-state index in [1.807, 2.05) is 24.3 Å². The third-order valence-corrected chi connectivity index (χ3v) is 5.40. The fourth-order valence-corrected chi connectivity index (χ4v) is 3.30. The summed E-state index contributed by atoms with van der Waals surface area (Å²) in [5.41, 5.74) is 2.03. The zero-order valence-electron chi connectivity index (χ0n) is 13.4. The average Bonchev–Trinajstić information content (AvgIpc) is 2.47. The lowest BCUT2D eigenvalue weighted by Gasteiger charge is -2.21. The van der Waals surface area contributed by atoms with Crippen molar-refractivity contribution < 1.29 is 8.42 Å². The fraction of sp³-hybridized carbons (Fsp3) is 0.353. The number of hydrogen-bond acceptors (Lipinski definition) is 3. The van der Waals surface area contributed by atoms with Crippen LogP contribution in [0.25, 0.3) is 0 Å². The lowest BCUT2D eigenvalue weighted by molar-refractivity contribution is 0.466. The van der Waals surface area contributed by atoms with Crippen molar-refractivity contribution in [3.63, 3.8) is 0 Å². The molecular formula is C17H22N2O2S. The summed E-state index contributed by atoms with van der Waals surface area (Å²) in [6.07, 6.45) is 3.32. The molecule has 0 spiro atoms. The van der Waals surface area contributed by atoms with Gasteiger partial charge in [-0.15, -0.1) is 0 Å². The molecule has 118 valence electrons. The van der Waals surface area contributed by atoms with Crippen molar-refractivity contribution in [2.45, 2.75) is 37.6 Å². The SMILES string of the molecule is CN(Cc1ccncc1)S(=O)(=O)c1ccc(C(C)(C)C)cc1. The third-order valence-electron chi connectivity index (χ3n) is 3.58. The summed E-state index contributed by atoms with van der Waals surface area (Å²) in [7, 11) is -1.90. The van der Waals surface area contributed by atoms with Gasteiger partial charge in [0.2, 0.25) is 10.0 Å². The van der Waals surface area contributed by atoms with Crippen LogP contribution >= 0.6 is 0 Å². The highest BCUT2D eigenvalue weighted by Crippen LogP contribution is 2.24. The second kappa shape index (κ2) is 6.18. The molecule has 5 heteroatoms. The summed E-state index contributed by atoms with van der Waals surface area (Å²) in [4.78, 5) is 4.25. The standard InChI is InChI=1S/C17H22N2O2S/c1-17(2,3)15-5-7-16(8-6-15)22(20,21)19(4)13-14-9-11-18-12-10-14/h5-12H,13H2,1-4H3. The van der Waals surface area contributed by atoms with Crippen molar-refractivity contribution in [3.8, 4) is 0 Å². The third kappa shape index (κ3) is 3.72. The first-order valence-electron chi connectivity index (χ1n) is 7.17. The van der Waals surface area contributed by atoms with Crippen molar-refractivity contribution >= 4 is 10.0 Å². The van der Waals surface area contributed by atoms with Crippen LogP contribution in [0.2, 0.25) is 0 Å². The van der Waals surface area contributed by atoms with E-state index >= 15 is 0 Å². The molecule has 0 fully saturated rings. The summed E-state index contributed by atoms with van der Waals surface area (Å²) in [6, 6.07) is 10.8. The Hall–Kier alpha value is -1.72. The van der Waals surface area contributed by atoms with Crippen LogP contribution in [0.3, 0.4) is 0 Å². The van der Waals surface area contributed by atoms with Gasteiger partial charge < -0.3 is 0 Å². The molecule has 0 N–H and O–H groups in total. The van der Waals surface area contributed by atoms with Gasteiger partial charge in [-0.3, -0.25) is 4.98 Å². The summed E-state index contributed by atoms with van der Waals surface area (Å²) in [5, 5.41) is 0. The Balaban J connectivity index is 2.22. The summed E-state index contributed by atoms with van der Waals surface area (Å²) in [6.45, 7) is 6.64. The minimum atomic E-state index is -3.49. The lowest BCUT2D eigenvalue weighted by atomic mass is 9.87. The second-order valence-corrected chi connectivity index (χ2v) is 8.44. The van der Waals surface area contributed by atoms with Crippen molar-refractivity contribution in [2.75, 3.05) is 7.05 Å². The van der Waals surface area contributed by atoms with E-state index < -0.39 is 10.0 Å². The maximum absolute atomic E-state index is 12.6. The number of pyridine rings is 1. The van der Waals surface area contributed by atoms with Gasteiger partial charge >= 0.3 is 0 Å². The van der Waals surface area contributed by atoms with Crippen LogP contribution in [-0.2, 0) is 22.0 Å². The molecule has 1 heterocycles. The van der Waals surface area contributed by atoms with Gasteiger partial charge in [0.05, 0.1) is 4.90 Å². The van der Waals surface area contributed by atoms with Crippen LogP contribution in [0.4, 0.5) is 0 Å². The smallest absolute Gasteiger partial charge is 0.243 e. The maximum Gasteiger partial charge on any atom is 0.243 e. The molecule has 0 aliphatic heterocycles. The van der Waals surface area contributed by atoms with Crippen LogP contribution in [-0.4, -0.2) is 24.8 Å². The topological polar surface area (TPSA) is 50.3 Å². The highest BCUT2D eigenvalue weighted by Gasteiger charge is 2.22. The van der Waals surface area contributed by atoms with Gasteiger partial charge in [-0.1, -0.05) is 32.9 Å². The zero-order valence-corrected chi connectivity index (χ0v) is 14.3. The Morgan fingerprint density at radius 1 is 1.00 bits per heavy atom. The number of rotatable bonds is 4. The molecule has 0 radical (unpaired) electrons. The first-order chi connectivity index (χ1) is 10.2. The van der Waals surface area contributed by atoms with Crippen LogP contribution < -0.4 is 0 Å². The first-order valence-corrected chi connectivity index (χ1v) is 8.61. The minimum absolute atomic E-state index is 0.00519. The molecule has 0 saturated heterocycles. The molecule has 0 saturated carbocycles. The lowest BCUT2D eigenvalue weighted by Crippen LogP contribution is -2.26. The van der Waals surface area contributed by atoms with E-state index in [9.17, 15) is 8.42 Å². The Bertz CT molecular complexity index is 718. The summed E-state index contributed by atoms with van der Waals surface area (Å²) < 4.78 is 26.6. The highest BCUT2D eigenvalue weighted by atomic mass is 32.2. The molecule has 1 aromatic carbocycles. The Labute approximate surface area is 132 Å². The Morgan fingerprint density at radius 2 is 1.55 bits per heavy atom. The molecule has 0 aliphatic rings. The van der Waals surface area contributed by atoms with E-state index in [-0.39, 0.29) is 5.41 Å². The van der Waals surface area contributed by atoms with E-state index in [1.54, 1.807) is 31.6 Å². The van der Waals surface area contributed by atoms with Crippen LogP contribution in [0.15, 0.2) is 53.7 Å². The van der Waals surface area contributed by atoms with E-state index in [0.29, 0.717) is 11.4 Å². The van der Waals surface area contributed by atoms with E-state index in [1.165, 1.54) is 4.31 Å². The number of nitrogens with zero attached hydrogens (tertiary/aromatic N) is 2. The molecule has 22 heavy (non-hydrogen) atoms. The number of sulfonamides is 1. The predicted octanol–water partition coefficient (Wildman–Crippen LogP) is 3.20. The summed E-state index contributed by atoms with van der Waals surface area (Å²) in [5.74, 6) is 0. The Kier molecular flexibility index (Phi) is 4.68. The molecule has 0 aliphatic carbocycles. The van der Waals surface area contributed by atoms with Gasteiger partial charge in [0.25, 0.3) is 0 Å². The summed E-state index contributed by atoms with van der Waals surface area (Å²) >= 11 is 0. The molecule has 0 amide bonds.